The van der Waals surface area contributed by atoms with Gasteiger partial charge in [0.1, 0.15) is 0 Å². The summed E-state index contributed by atoms with van der Waals surface area (Å²) in [4.78, 5) is 8.04. The second-order valence-corrected chi connectivity index (χ2v) is 6.36. The molecule has 0 spiro atoms. The number of hydrogen-bond donors (Lipinski definition) is 1. The van der Waals surface area contributed by atoms with Gasteiger partial charge in [0.15, 0.2) is 5.96 Å². The van der Waals surface area contributed by atoms with Crippen LogP contribution >= 0.6 is 11.8 Å². The number of methoxy groups -OCH3 is 1. The molecule has 1 N–H and O–H groups in total. The topological polar surface area (TPSA) is 36.9 Å². The summed E-state index contributed by atoms with van der Waals surface area (Å²) in [5.74, 6) is 2.69. The van der Waals surface area contributed by atoms with Gasteiger partial charge in [0.25, 0.3) is 0 Å². The minimum atomic E-state index is 0.632. The summed E-state index contributed by atoms with van der Waals surface area (Å²) in [6.45, 7) is 3.88. The number of rotatable bonds is 6. The second kappa shape index (κ2) is 8.95. The third-order valence-electron chi connectivity index (χ3n) is 3.60. The number of nitrogens with one attached hydrogen (secondary N) is 1. The van der Waals surface area contributed by atoms with Crippen molar-refractivity contribution in [3.8, 4) is 0 Å². The molecule has 0 aromatic heterocycles. The first kappa shape index (κ1) is 16.2. The average molecular weight is 307 g/mol. The van der Waals surface area contributed by atoms with Gasteiger partial charge in [-0.25, -0.2) is 0 Å². The lowest BCUT2D eigenvalue weighted by molar-refractivity contribution is 0.157. The van der Waals surface area contributed by atoms with E-state index < -0.39 is 0 Å². The largest absolute Gasteiger partial charge is 0.384 e. The van der Waals surface area contributed by atoms with Crippen LogP contribution in [0.2, 0.25) is 0 Å². The third kappa shape index (κ3) is 5.25. The van der Waals surface area contributed by atoms with E-state index in [4.69, 9.17) is 4.74 Å². The Morgan fingerprint density at radius 1 is 1.43 bits per heavy atom. The molecule has 21 heavy (non-hydrogen) atoms. The number of guanidine groups is 1. The van der Waals surface area contributed by atoms with Crippen molar-refractivity contribution in [3.63, 3.8) is 0 Å². The van der Waals surface area contributed by atoms with E-state index in [0.717, 1.165) is 38.0 Å². The number of aliphatic imine (C=N–C) groups is 1. The number of ether oxygens (including phenoxy) is 1. The van der Waals surface area contributed by atoms with Gasteiger partial charge in [-0.2, -0.15) is 0 Å². The fraction of sp³-hybridized carbons (Fsp3) is 0.562. The molecular formula is C16H25N3OS. The Morgan fingerprint density at radius 3 is 2.95 bits per heavy atom. The van der Waals surface area contributed by atoms with E-state index in [1.807, 2.05) is 24.9 Å². The molecule has 4 nitrogen and oxygen atoms in total. The maximum atomic E-state index is 5.24. The van der Waals surface area contributed by atoms with Crippen LogP contribution in [0, 0.1) is 5.92 Å². The first-order valence-electron chi connectivity index (χ1n) is 7.46. The molecule has 2 rings (SSSR count). The van der Waals surface area contributed by atoms with Crippen LogP contribution in [0.4, 0.5) is 0 Å². The molecule has 5 heteroatoms. The zero-order valence-corrected chi connectivity index (χ0v) is 13.7. The minimum Gasteiger partial charge on any atom is -0.384 e. The molecular weight excluding hydrogens is 282 g/mol. The summed E-state index contributed by atoms with van der Waals surface area (Å²) < 4.78 is 5.24. The van der Waals surface area contributed by atoms with E-state index in [9.17, 15) is 0 Å². The van der Waals surface area contributed by atoms with E-state index in [1.54, 1.807) is 7.11 Å². The predicted octanol–water partition coefficient (Wildman–Crippen LogP) is 2.32. The van der Waals surface area contributed by atoms with Crippen molar-refractivity contribution in [1.29, 1.82) is 0 Å². The quantitative estimate of drug-likeness (QED) is 0.379. The van der Waals surface area contributed by atoms with Gasteiger partial charge in [-0.15, -0.1) is 11.8 Å². The zero-order valence-electron chi connectivity index (χ0n) is 12.9. The van der Waals surface area contributed by atoms with Crippen LogP contribution in [0.1, 0.15) is 6.42 Å². The first-order chi connectivity index (χ1) is 10.3. The van der Waals surface area contributed by atoms with E-state index in [1.165, 1.54) is 11.3 Å². The fourth-order valence-electron chi connectivity index (χ4n) is 2.58. The Hall–Kier alpha value is -1.20. The highest BCUT2D eigenvalue weighted by molar-refractivity contribution is 7.99. The Balaban J connectivity index is 1.69. The molecule has 1 saturated heterocycles. The van der Waals surface area contributed by atoms with Crippen molar-refractivity contribution in [2.45, 2.75) is 11.3 Å². The number of hydrogen-bond acceptors (Lipinski definition) is 3. The maximum absolute atomic E-state index is 5.24. The Morgan fingerprint density at radius 2 is 2.24 bits per heavy atom. The van der Waals surface area contributed by atoms with Crippen molar-refractivity contribution in [2.75, 3.05) is 46.2 Å². The van der Waals surface area contributed by atoms with Gasteiger partial charge in [0, 0.05) is 50.4 Å². The van der Waals surface area contributed by atoms with E-state index >= 15 is 0 Å². The van der Waals surface area contributed by atoms with Crippen LogP contribution in [0.25, 0.3) is 0 Å². The summed E-state index contributed by atoms with van der Waals surface area (Å²) in [5.41, 5.74) is 0. The summed E-state index contributed by atoms with van der Waals surface area (Å²) >= 11 is 1.87. The average Bonchev–Trinajstić information content (AvgIpc) is 2.97. The standard InChI is InChI=1S/C16H25N3OS/c1-17-16(19-10-8-14(12-19)13-20-2)18-9-11-21-15-6-4-3-5-7-15/h3-7,14H,8-13H2,1-2H3,(H,17,18). The SMILES string of the molecule is CN=C(NCCSc1ccccc1)N1CCC(COC)C1. The van der Waals surface area contributed by atoms with Crippen molar-refractivity contribution in [1.82, 2.24) is 10.2 Å². The highest BCUT2D eigenvalue weighted by Crippen LogP contribution is 2.17. The lowest BCUT2D eigenvalue weighted by Crippen LogP contribution is -2.41. The van der Waals surface area contributed by atoms with Crippen molar-refractivity contribution >= 4 is 17.7 Å². The number of nitrogens with zero attached hydrogens (tertiary/aromatic N) is 2. The molecule has 0 amide bonds. The van der Waals surface area contributed by atoms with E-state index in [-0.39, 0.29) is 0 Å². The van der Waals surface area contributed by atoms with Crippen LogP contribution < -0.4 is 5.32 Å². The molecule has 1 fully saturated rings. The predicted molar refractivity (Wildman–Crippen MR) is 90.1 cm³/mol. The lowest BCUT2D eigenvalue weighted by atomic mass is 10.1. The van der Waals surface area contributed by atoms with Crippen molar-refractivity contribution < 1.29 is 4.74 Å². The minimum absolute atomic E-state index is 0.632. The van der Waals surface area contributed by atoms with Crippen molar-refractivity contribution in [3.05, 3.63) is 30.3 Å². The van der Waals surface area contributed by atoms with Crippen LogP contribution in [0.15, 0.2) is 40.2 Å². The summed E-state index contributed by atoms with van der Waals surface area (Å²) in [6, 6.07) is 10.5. The van der Waals surface area contributed by atoms with Gasteiger partial charge < -0.3 is 15.0 Å². The molecule has 116 valence electrons. The zero-order chi connectivity index (χ0) is 14.9. The van der Waals surface area contributed by atoms with Gasteiger partial charge in [-0.1, -0.05) is 18.2 Å². The first-order valence-corrected chi connectivity index (χ1v) is 8.44. The van der Waals surface area contributed by atoms with Gasteiger partial charge in [-0.05, 0) is 18.6 Å². The number of thioether (sulfide) groups is 1. The molecule has 1 aliphatic rings. The highest BCUT2D eigenvalue weighted by atomic mass is 32.2. The second-order valence-electron chi connectivity index (χ2n) is 5.19. The third-order valence-corrected chi connectivity index (χ3v) is 4.61. The van der Waals surface area contributed by atoms with E-state index in [2.05, 4.69) is 39.5 Å². The van der Waals surface area contributed by atoms with Crippen LogP contribution in [0.5, 0.6) is 0 Å². The van der Waals surface area contributed by atoms with Crippen LogP contribution in [0.3, 0.4) is 0 Å². The molecule has 1 aromatic carbocycles. The Bertz CT molecular complexity index is 438. The van der Waals surface area contributed by atoms with Gasteiger partial charge in [-0.3, -0.25) is 4.99 Å². The van der Waals surface area contributed by atoms with Gasteiger partial charge >= 0.3 is 0 Å². The van der Waals surface area contributed by atoms with E-state index in [0.29, 0.717) is 5.92 Å². The highest BCUT2D eigenvalue weighted by Gasteiger charge is 2.24. The molecule has 1 heterocycles. The molecule has 0 bridgehead atoms. The van der Waals surface area contributed by atoms with Crippen molar-refractivity contribution in [2.24, 2.45) is 10.9 Å². The van der Waals surface area contributed by atoms with Gasteiger partial charge in [0.2, 0.25) is 0 Å². The summed E-state index contributed by atoms with van der Waals surface area (Å²) in [6.07, 6.45) is 1.19. The lowest BCUT2D eigenvalue weighted by Gasteiger charge is -2.21. The number of benzene rings is 1. The Labute approximate surface area is 132 Å². The van der Waals surface area contributed by atoms with Gasteiger partial charge in [0.05, 0.1) is 6.61 Å². The maximum Gasteiger partial charge on any atom is 0.193 e. The summed E-state index contributed by atoms with van der Waals surface area (Å²) in [7, 11) is 3.63. The van der Waals surface area contributed by atoms with Crippen LogP contribution in [-0.4, -0.2) is 57.0 Å². The molecule has 1 aromatic rings. The van der Waals surface area contributed by atoms with Crippen LogP contribution in [-0.2, 0) is 4.74 Å². The normalized spacial score (nSPS) is 19.0. The molecule has 0 radical (unpaired) electrons. The smallest absolute Gasteiger partial charge is 0.193 e. The Kier molecular flexibility index (Phi) is 6.89. The fourth-order valence-corrected chi connectivity index (χ4v) is 3.37. The molecule has 0 saturated carbocycles. The monoisotopic (exact) mass is 307 g/mol. The number of likely N-dealkylation sites (tertiary alicyclic amines) is 1. The molecule has 0 aliphatic carbocycles. The molecule has 1 unspecified atom stereocenters. The molecule has 1 atom stereocenters. The molecule has 1 aliphatic heterocycles. The summed E-state index contributed by atoms with van der Waals surface area (Å²) in [5, 5.41) is 3.46.